The van der Waals surface area contributed by atoms with Crippen molar-refractivity contribution in [3.8, 4) is 11.1 Å². The Morgan fingerprint density at radius 3 is 2.81 bits per heavy atom. The van der Waals surface area contributed by atoms with Gasteiger partial charge in [-0.2, -0.15) is 11.3 Å². The van der Waals surface area contributed by atoms with Gasteiger partial charge in [0.05, 0.1) is 10.9 Å². The predicted octanol–water partition coefficient (Wildman–Crippen LogP) is 4.86. The van der Waals surface area contributed by atoms with Crippen molar-refractivity contribution in [3.63, 3.8) is 0 Å². The van der Waals surface area contributed by atoms with Crippen LogP contribution < -0.4 is 10.6 Å². The summed E-state index contributed by atoms with van der Waals surface area (Å²) < 4.78 is 0. The van der Waals surface area contributed by atoms with E-state index in [1.807, 2.05) is 60.0 Å². The molecular formula is C20H16N2O2S2. The first-order valence-corrected chi connectivity index (χ1v) is 10.0. The third-order valence-corrected chi connectivity index (χ3v) is 6.04. The molecule has 26 heavy (non-hydrogen) atoms. The summed E-state index contributed by atoms with van der Waals surface area (Å²) >= 11 is 3.07. The Morgan fingerprint density at radius 2 is 1.96 bits per heavy atom. The second-order valence-corrected chi connectivity index (χ2v) is 7.96. The minimum Gasteiger partial charge on any atom is -0.326 e. The number of benzene rings is 2. The highest BCUT2D eigenvalue weighted by atomic mass is 32.2. The Kier molecular flexibility index (Phi) is 4.77. The average Bonchev–Trinajstić information content (AvgIpc) is 3.17. The van der Waals surface area contributed by atoms with Crippen molar-refractivity contribution in [2.24, 2.45) is 0 Å². The Balaban J connectivity index is 1.43. The molecule has 2 heterocycles. The van der Waals surface area contributed by atoms with E-state index in [1.165, 1.54) is 11.8 Å². The van der Waals surface area contributed by atoms with Crippen LogP contribution in [0, 0.1) is 0 Å². The molecule has 1 atom stereocenters. The van der Waals surface area contributed by atoms with Crippen LogP contribution >= 0.6 is 23.1 Å². The number of anilines is 2. The van der Waals surface area contributed by atoms with Crippen molar-refractivity contribution in [1.29, 1.82) is 0 Å². The fourth-order valence-corrected chi connectivity index (χ4v) is 4.59. The summed E-state index contributed by atoms with van der Waals surface area (Å²) in [6.07, 6.45) is 0.132. The Morgan fingerprint density at radius 1 is 1.08 bits per heavy atom. The number of hydrogen-bond acceptors (Lipinski definition) is 4. The number of para-hydroxylation sites is 1. The molecule has 4 nitrogen and oxygen atoms in total. The minimum absolute atomic E-state index is 0.129. The normalized spacial score (nSPS) is 15.8. The molecule has 2 amide bonds. The first-order valence-electron chi connectivity index (χ1n) is 8.18. The second kappa shape index (κ2) is 7.35. The zero-order chi connectivity index (χ0) is 17.9. The summed E-state index contributed by atoms with van der Waals surface area (Å²) in [4.78, 5) is 25.7. The third-order valence-electron chi connectivity index (χ3n) is 4.08. The Labute approximate surface area is 159 Å². The van der Waals surface area contributed by atoms with Crippen molar-refractivity contribution in [1.82, 2.24) is 0 Å². The lowest BCUT2D eigenvalue weighted by Gasteiger charge is -2.23. The number of fused-ring (bicyclic) bond motifs is 1. The molecule has 1 aromatic heterocycles. The molecule has 0 spiro atoms. The van der Waals surface area contributed by atoms with Crippen LogP contribution in [0.25, 0.3) is 11.1 Å². The van der Waals surface area contributed by atoms with Gasteiger partial charge in [0.25, 0.3) is 0 Å². The topological polar surface area (TPSA) is 58.2 Å². The maximum Gasteiger partial charge on any atom is 0.238 e. The van der Waals surface area contributed by atoms with Gasteiger partial charge in [0.15, 0.2) is 0 Å². The largest absolute Gasteiger partial charge is 0.326 e. The lowest BCUT2D eigenvalue weighted by Crippen LogP contribution is -2.32. The van der Waals surface area contributed by atoms with Crippen LogP contribution in [-0.4, -0.2) is 17.1 Å². The molecule has 2 aromatic carbocycles. The molecular weight excluding hydrogens is 364 g/mol. The fourth-order valence-electron chi connectivity index (χ4n) is 2.81. The van der Waals surface area contributed by atoms with Gasteiger partial charge >= 0.3 is 0 Å². The molecule has 6 heteroatoms. The molecule has 0 saturated carbocycles. The van der Waals surface area contributed by atoms with Crippen LogP contribution in [0.5, 0.6) is 0 Å². The third kappa shape index (κ3) is 3.66. The van der Waals surface area contributed by atoms with E-state index in [-0.39, 0.29) is 18.2 Å². The number of rotatable bonds is 4. The number of thioether (sulfide) groups is 1. The lowest BCUT2D eigenvalue weighted by molar-refractivity contribution is -0.120. The Bertz CT molecular complexity index is 954. The van der Waals surface area contributed by atoms with Gasteiger partial charge in [-0.1, -0.05) is 24.3 Å². The number of carbonyl (C=O) groups excluding carboxylic acids is 2. The van der Waals surface area contributed by atoms with E-state index in [2.05, 4.69) is 16.0 Å². The molecule has 2 N–H and O–H groups in total. The highest BCUT2D eigenvalue weighted by Gasteiger charge is 2.28. The first kappa shape index (κ1) is 16.9. The Hall–Kier alpha value is -2.57. The van der Waals surface area contributed by atoms with Crippen LogP contribution in [0.15, 0.2) is 70.3 Å². The number of amides is 2. The van der Waals surface area contributed by atoms with Gasteiger partial charge in [-0.05, 0) is 52.2 Å². The number of carbonyl (C=O) groups is 2. The predicted molar refractivity (Wildman–Crippen MR) is 108 cm³/mol. The molecule has 1 unspecified atom stereocenters. The summed E-state index contributed by atoms with van der Waals surface area (Å²) in [6, 6.07) is 17.4. The van der Waals surface area contributed by atoms with E-state index >= 15 is 0 Å². The highest BCUT2D eigenvalue weighted by molar-refractivity contribution is 8.01. The standard InChI is InChI=1S/C20H16N2O2S2/c23-19(11-18-20(24)22-16-6-1-2-7-17(16)26-18)21-15-5-3-4-13(10-15)14-8-9-25-12-14/h1-10,12,18H,11H2,(H,21,23)(H,22,24). The van der Waals surface area contributed by atoms with Crippen molar-refractivity contribution in [2.75, 3.05) is 10.6 Å². The van der Waals surface area contributed by atoms with Gasteiger partial charge in [-0.15, -0.1) is 11.8 Å². The highest BCUT2D eigenvalue weighted by Crippen LogP contribution is 2.36. The van der Waals surface area contributed by atoms with Gasteiger partial charge in [0.2, 0.25) is 11.8 Å². The van der Waals surface area contributed by atoms with E-state index < -0.39 is 5.25 Å². The molecule has 4 rings (SSSR count). The van der Waals surface area contributed by atoms with Crippen molar-refractivity contribution < 1.29 is 9.59 Å². The van der Waals surface area contributed by atoms with Gasteiger partial charge in [-0.25, -0.2) is 0 Å². The number of nitrogens with one attached hydrogen (secondary N) is 2. The van der Waals surface area contributed by atoms with E-state index in [9.17, 15) is 9.59 Å². The van der Waals surface area contributed by atoms with Crippen molar-refractivity contribution in [2.45, 2.75) is 16.6 Å². The van der Waals surface area contributed by atoms with Gasteiger partial charge in [0.1, 0.15) is 0 Å². The zero-order valence-corrected chi connectivity index (χ0v) is 15.4. The SMILES string of the molecule is O=C(CC1Sc2ccccc2NC1=O)Nc1cccc(-c2ccsc2)c1. The maximum atomic E-state index is 12.4. The molecule has 130 valence electrons. The van der Waals surface area contributed by atoms with Gasteiger partial charge in [0, 0.05) is 17.0 Å². The number of thiophene rings is 1. The van der Waals surface area contributed by atoms with Crippen LogP contribution in [0.2, 0.25) is 0 Å². The van der Waals surface area contributed by atoms with E-state index in [0.29, 0.717) is 0 Å². The van der Waals surface area contributed by atoms with E-state index in [0.717, 1.165) is 27.4 Å². The smallest absolute Gasteiger partial charge is 0.238 e. The summed E-state index contributed by atoms with van der Waals surface area (Å²) in [7, 11) is 0. The molecule has 0 bridgehead atoms. The molecule has 3 aromatic rings. The lowest BCUT2D eigenvalue weighted by atomic mass is 10.1. The van der Waals surface area contributed by atoms with Crippen molar-refractivity contribution in [3.05, 3.63) is 65.4 Å². The second-order valence-electron chi connectivity index (χ2n) is 5.94. The molecule has 0 radical (unpaired) electrons. The fraction of sp³-hybridized carbons (Fsp3) is 0.100. The zero-order valence-electron chi connectivity index (χ0n) is 13.8. The minimum atomic E-state index is -0.426. The van der Waals surface area contributed by atoms with Gasteiger partial charge in [-0.3, -0.25) is 9.59 Å². The molecule has 1 aliphatic rings. The number of hydrogen-bond donors (Lipinski definition) is 2. The first-order chi connectivity index (χ1) is 12.7. The molecule has 1 aliphatic heterocycles. The molecule has 0 saturated heterocycles. The maximum absolute atomic E-state index is 12.4. The monoisotopic (exact) mass is 380 g/mol. The summed E-state index contributed by atoms with van der Waals surface area (Å²) in [6.45, 7) is 0. The van der Waals surface area contributed by atoms with Crippen LogP contribution in [0.1, 0.15) is 6.42 Å². The van der Waals surface area contributed by atoms with E-state index in [4.69, 9.17) is 0 Å². The molecule has 0 fully saturated rings. The average molecular weight is 380 g/mol. The van der Waals surface area contributed by atoms with Gasteiger partial charge < -0.3 is 10.6 Å². The molecule has 0 aliphatic carbocycles. The summed E-state index contributed by atoms with van der Waals surface area (Å²) in [5, 5.41) is 9.45. The van der Waals surface area contributed by atoms with E-state index in [1.54, 1.807) is 11.3 Å². The van der Waals surface area contributed by atoms with Crippen molar-refractivity contribution >= 4 is 46.3 Å². The van der Waals surface area contributed by atoms with Crippen LogP contribution in [0.3, 0.4) is 0 Å². The summed E-state index contributed by atoms with van der Waals surface area (Å²) in [5.74, 6) is -0.296. The summed E-state index contributed by atoms with van der Waals surface area (Å²) in [5.41, 5.74) is 3.73. The van der Waals surface area contributed by atoms with Crippen LogP contribution in [-0.2, 0) is 9.59 Å². The quantitative estimate of drug-likeness (QED) is 0.680. The van der Waals surface area contributed by atoms with Crippen LogP contribution in [0.4, 0.5) is 11.4 Å².